The minimum Gasteiger partial charge on any atom is -0.497 e. The van der Waals surface area contributed by atoms with Crippen LogP contribution in [0.4, 0.5) is 11.4 Å². The summed E-state index contributed by atoms with van der Waals surface area (Å²) in [6.07, 6.45) is 2.52. The Morgan fingerprint density at radius 1 is 0.872 bits per heavy atom. The van der Waals surface area contributed by atoms with Crippen molar-refractivity contribution in [1.29, 1.82) is 0 Å². The molecule has 1 heterocycles. The molecule has 39 heavy (non-hydrogen) atoms. The highest BCUT2D eigenvalue weighted by Gasteiger charge is 2.30. The Hall–Kier alpha value is -3.61. The van der Waals surface area contributed by atoms with Crippen LogP contribution in [0.2, 0.25) is 0 Å². The van der Waals surface area contributed by atoms with Crippen molar-refractivity contribution in [3.8, 4) is 11.5 Å². The van der Waals surface area contributed by atoms with Gasteiger partial charge in [-0.15, -0.1) is 0 Å². The minimum absolute atomic E-state index is 0.0145. The monoisotopic (exact) mass is 573 g/mol. The van der Waals surface area contributed by atoms with Crippen LogP contribution in [0.3, 0.4) is 0 Å². The van der Waals surface area contributed by atoms with Gasteiger partial charge in [-0.3, -0.25) is 9.10 Å². The van der Waals surface area contributed by atoms with Crippen LogP contribution in [-0.2, 0) is 24.8 Å². The fourth-order valence-corrected chi connectivity index (χ4v) is 7.44. The number of piperidine rings is 1. The summed E-state index contributed by atoms with van der Waals surface area (Å²) in [7, 11) is -5.12. The first kappa shape index (κ1) is 28.4. The zero-order valence-electron chi connectivity index (χ0n) is 21.7. The van der Waals surface area contributed by atoms with E-state index in [4.69, 9.17) is 9.47 Å². The normalized spacial score (nSPS) is 14.4. The highest BCUT2D eigenvalue weighted by molar-refractivity contribution is 7.92. The molecule has 0 aliphatic carbocycles. The van der Waals surface area contributed by atoms with E-state index in [2.05, 4.69) is 5.32 Å². The molecule has 1 amide bonds. The fourth-order valence-electron chi connectivity index (χ4n) is 4.32. The third-order valence-electron chi connectivity index (χ3n) is 6.36. The van der Waals surface area contributed by atoms with Crippen LogP contribution in [0.5, 0.6) is 11.5 Å². The largest absolute Gasteiger partial charge is 0.497 e. The first-order chi connectivity index (χ1) is 18.7. The van der Waals surface area contributed by atoms with Crippen molar-refractivity contribution in [3.63, 3.8) is 0 Å². The van der Waals surface area contributed by atoms with Crippen molar-refractivity contribution in [3.05, 3.63) is 72.8 Å². The standard InChI is InChI=1S/C27H31N3O7S2/c1-36-23-12-14-24(15-13-23)38(32,33)30(22-9-5-3-6-10-22)20-27(31)28-21-11-16-25(37-2)26(19-21)39(34,35)29-17-7-4-8-18-29/h3,5-6,9-16,19H,4,7-8,17-18,20H2,1-2H3,(H,28,31). The zero-order chi connectivity index (χ0) is 28.0. The average molecular weight is 574 g/mol. The van der Waals surface area contributed by atoms with Crippen LogP contribution >= 0.6 is 0 Å². The molecule has 0 radical (unpaired) electrons. The van der Waals surface area contributed by atoms with Gasteiger partial charge >= 0.3 is 0 Å². The van der Waals surface area contributed by atoms with Gasteiger partial charge in [0.25, 0.3) is 10.0 Å². The Labute approximate surface area is 229 Å². The van der Waals surface area contributed by atoms with Gasteiger partial charge in [0.1, 0.15) is 22.9 Å². The van der Waals surface area contributed by atoms with Crippen LogP contribution in [0.1, 0.15) is 19.3 Å². The van der Waals surface area contributed by atoms with Crippen LogP contribution in [0.25, 0.3) is 0 Å². The van der Waals surface area contributed by atoms with E-state index in [0.29, 0.717) is 24.5 Å². The summed E-state index contributed by atoms with van der Waals surface area (Å²) < 4.78 is 66.6. The molecule has 0 unspecified atom stereocenters. The van der Waals surface area contributed by atoms with Gasteiger partial charge in [-0.05, 0) is 67.4 Å². The Kier molecular flexibility index (Phi) is 8.78. The molecule has 1 aliphatic heterocycles. The highest BCUT2D eigenvalue weighted by Crippen LogP contribution is 2.31. The number of nitrogens with one attached hydrogen (secondary N) is 1. The molecule has 0 spiro atoms. The van der Waals surface area contributed by atoms with Crippen molar-refractivity contribution < 1.29 is 31.1 Å². The smallest absolute Gasteiger partial charge is 0.264 e. The number of rotatable bonds is 10. The first-order valence-corrected chi connectivity index (χ1v) is 15.2. The molecule has 4 rings (SSSR count). The van der Waals surface area contributed by atoms with Crippen molar-refractivity contribution in [1.82, 2.24) is 4.31 Å². The van der Waals surface area contributed by atoms with Gasteiger partial charge in [0.15, 0.2) is 0 Å². The molecular formula is C27H31N3O7S2. The maximum Gasteiger partial charge on any atom is 0.264 e. The summed E-state index contributed by atoms with van der Waals surface area (Å²) >= 11 is 0. The molecule has 1 aliphatic rings. The third-order valence-corrected chi connectivity index (χ3v) is 10.1. The van der Waals surface area contributed by atoms with Gasteiger partial charge in [0.2, 0.25) is 15.9 Å². The van der Waals surface area contributed by atoms with E-state index in [9.17, 15) is 21.6 Å². The second-order valence-corrected chi connectivity index (χ2v) is 12.7. The molecule has 1 N–H and O–H groups in total. The van der Waals surface area contributed by atoms with Gasteiger partial charge < -0.3 is 14.8 Å². The van der Waals surface area contributed by atoms with Crippen LogP contribution in [0, 0.1) is 0 Å². The van der Waals surface area contributed by atoms with E-state index in [1.54, 1.807) is 30.3 Å². The van der Waals surface area contributed by atoms with Crippen molar-refractivity contribution >= 4 is 37.3 Å². The average Bonchev–Trinajstić information content (AvgIpc) is 2.96. The molecule has 1 fully saturated rings. The molecule has 3 aromatic rings. The number of para-hydroxylation sites is 1. The Bertz CT molecular complexity index is 1500. The van der Waals surface area contributed by atoms with Crippen LogP contribution in [0.15, 0.2) is 82.6 Å². The zero-order valence-corrected chi connectivity index (χ0v) is 23.4. The summed E-state index contributed by atoms with van der Waals surface area (Å²) in [4.78, 5) is 13.1. The number of sulfonamides is 2. The van der Waals surface area contributed by atoms with E-state index in [1.807, 2.05) is 0 Å². The molecule has 10 nitrogen and oxygen atoms in total. The quantitative estimate of drug-likeness (QED) is 0.392. The molecule has 12 heteroatoms. The molecular weight excluding hydrogens is 542 g/mol. The maximum absolute atomic E-state index is 13.6. The van der Waals surface area contributed by atoms with Gasteiger partial charge in [-0.2, -0.15) is 4.31 Å². The maximum atomic E-state index is 13.6. The summed E-state index contributed by atoms with van der Waals surface area (Å²) in [6.45, 7) is 0.285. The van der Waals surface area contributed by atoms with E-state index in [-0.39, 0.29) is 21.2 Å². The number of hydrogen-bond donors (Lipinski definition) is 1. The number of hydrogen-bond acceptors (Lipinski definition) is 7. The summed E-state index contributed by atoms with van der Waals surface area (Å²) in [5, 5.41) is 2.65. The van der Waals surface area contributed by atoms with E-state index >= 15 is 0 Å². The number of nitrogens with zero attached hydrogens (tertiary/aromatic N) is 2. The number of anilines is 2. The Morgan fingerprint density at radius 3 is 2.15 bits per heavy atom. The lowest BCUT2D eigenvalue weighted by molar-refractivity contribution is -0.114. The molecule has 0 saturated carbocycles. The second-order valence-electron chi connectivity index (χ2n) is 8.90. The lowest BCUT2D eigenvalue weighted by atomic mass is 10.2. The topological polar surface area (TPSA) is 122 Å². The van der Waals surface area contributed by atoms with Crippen molar-refractivity contribution in [2.45, 2.75) is 29.1 Å². The van der Waals surface area contributed by atoms with Gasteiger partial charge in [-0.1, -0.05) is 24.6 Å². The highest BCUT2D eigenvalue weighted by atomic mass is 32.2. The Balaban J connectivity index is 1.61. The van der Waals surface area contributed by atoms with Gasteiger partial charge in [0.05, 0.1) is 24.8 Å². The summed E-state index contributed by atoms with van der Waals surface area (Å²) in [5.74, 6) is 0.00163. The van der Waals surface area contributed by atoms with Crippen molar-refractivity contribution in [2.75, 3.05) is 43.5 Å². The molecule has 1 saturated heterocycles. The van der Waals surface area contributed by atoms with Crippen LogP contribution in [-0.4, -0.2) is 60.9 Å². The summed E-state index contributed by atoms with van der Waals surface area (Å²) in [5.41, 5.74) is 0.498. The van der Waals surface area contributed by atoms with E-state index < -0.39 is 32.5 Å². The number of benzene rings is 3. The van der Waals surface area contributed by atoms with Crippen molar-refractivity contribution in [2.24, 2.45) is 0 Å². The SMILES string of the molecule is COc1ccc(S(=O)(=O)N(CC(=O)Nc2ccc(OC)c(S(=O)(=O)N3CCCCC3)c2)c2ccccc2)cc1. The second kappa shape index (κ2) is 12.1. The number of methoxy groups -OCH3 is 2. The minimum atomic E-state index is -4.13. The van der Waals surface area contributed by atoms with Gasteiger partial charge in [-0.25, -0.2) is 16.8 Å². The van der Waals surface area contributed by atoms with Gasteiger partial charge in [0, 0.05) is 18.8 Å². The number of carbonyl (C=O) groups is 1. The number of ether oxygens (including phenoxy) is 2. The summed E-state index contributed by atoms with van der Waals surface area (Å²) in [6, 6.07) is 18.4. The molecule has 3 aromatic carbocycles. The molecule has 0 aromatic heterocycles. The number of amides is 1. The van der Waals surface area contributed by atoms with E-state index in [0.717, 1.165) is 23.6 Å². The lowest BCUT2D eigenvalue weighted by Gasteiger charge is -2.27. The predicted molar refractivity (Wildman–Crippen MR) is 148 cm³/mol. The number of carbonyl (C=O) groups excluding carboxylic acids is 1. The predicted octanol–water partition coefficient (Wildman–Crippen LogP) is 3.71. The van der Waals surface area contributed by atoms with Crippen LogP contribution < -0.4 is 19.1 Å². The molecule has 208 valence electrons. The molecule has 0 atom stereocenters. The lowest BCUT2D eigenvalue weighted by Crippen LogP contribution is -2.38. The Morgan fingerprint density at radius 2 is 1.54 bits per heavy atom. The molecule has 0 bridgehead atoms. The third kappa shape index (κ3) is 6.35. The first-order valence-electron chi connectivity index (χ1n) is 12.4. The van der Waals surface area contributed by atoms with E-state index in [1.165, 1.54) is 61.0 Å². The fraction of sp³-hybridized carbons (Fsp3) is 0.296.